The molecule has 2 atom stereocenters. The number of hydrogen-bond acceptors (Lipinski definition) is 4. The van der Waals surface area contributed by atoms with E-state index in [9.17, 15) is 9.59 Å². The van der Waals surface area contributed by atoms with E-state index in [0.29, 0.717) is 0 Å². The summed E-state index contributed by atoms with van der Waals surface area (Å²) in [5, 5.41) is 0. The van der Waals surface area contributed by atoms with Crippen molar-refractivity contribution in [2.45, 2.75) is 38.9 Å². The minimum atomic E-state index is -0.292. The molecule has 1 saturated carbocycles. The van der Waals surface area contributed by atoms with E-state index in [0.717, 1.165) is 12.8 Å². The summed E-state index contributed by atoms with van der Waals surface area (Å²) in [5.41, 5.74) is -0.155. The quantitative estimate of drug-likeness (QED) is 0.507. The summed E-state index contributed by atoms with van der Waals surface area (Å²) in [7, 11) is 0. The molecule has 0 amide bonds. The van der Waals surface area contributed by atoms with Gasteiger partial charge in [-0.3, -0.25) is 9.59 Å². The molecular formula is C11H14O4. The minimum Gasteiger partial charge on any atom is -0.458 e. The van der Waals surface area contributed by atoms with Crippen molar-refractivity contribution in [3.8, 4) is 0 Å². The van der Waals surface area contributed by atoms with E-state index >= 15 is 0 Å². The Morgan fingerprint density at radius 1 is 1.07 bits per heavy atom. The van der Waals surface area contributed by atoms with Crippen LogP contribution in [0.25, 0.3) is 0 Å². The number of ether oxygens (including phenoxy) is 2. The Balaban J connectivity index is 2.05. The standard InChI is InChI=1S/C11H14O4/c1-7(12)14-9-3-4-10(15-8(2)13)11(9)5-6-11/h3-4,9-10H,5-6H2,1-2H3/t9-,10+. The Labute approximate surface area is 88.2 Å². The summed E-state index contributed by atoms with van der Waals surface area (Å²) in [6.45, 7) is 2.78. The maximum absolute atomic E-state index is 10.9. The molecule has 0 bridgehead atoms. The van der Waals surface area contributed by atoms with Crippen molar-refractivity contribution in [3.05, 3.63) is 12.2 Å². The molecule has 2 rings (SSSR count). The zero-order chi connectivity index (χ0) is 11.1. The van der Waals surface area contributed by atoms with E-state index in [-0.39, 0.29) is 29.6 Å². The number of carbonyl (C=O) groups is 2. The van der Waals surface area contributed by atoms with Gasteiger partial charge in [-0.2, -0.15) is 0 Å². The Morgan fingerprint density at radius 3 is 1.73 bits per heavy atom. The minimum absolute atomic E-state index is 0.155. The highest BCUT2D eigenvalue weighted by atomic mass is 16.6. The van der Waals surface area contributed by atoms with Crippen molar-refractivity contribution >= 4 is 11.9 Å². The fourth-order valence-corrected chi connectivity index (χ4v) is 2.13. The van der Waals surface area contributed by atoms with Crippen LogP contribution < -0.4 is 0 Å². The van der Waals surface area contributed by atoms with Crippen LogP contribution in [0.15, 0.2) is 12.2 Å². The van der Waals surface area contributed by atoms with Gasteiger partial charge in [0, 0.05) is 13.8 Å². The van der Waals surface area contributed by atoms with Crippen molar-refractivity contribution < 1.29 is 19.1 Å². The van der Waals surface area contributed by atoms with Crippen LogP contribution in [-0.4, -0.2) is 24.1 Å². The van der Waals surface area contributed by atoms with Crippen molar-refractivity contribution in [2.24, 2.45) is 5.41 Å². The van der Waals surface area contributed by atoms with Crippen molar-refractivity contribution in [1.29, 1.82) is 0 Å². The number of rotatable bonds is 2. The Hall–Kier alpha value is -1.32. The molecule has 0 aromatic carbocycles. The van der Waals surface area contributed by atoms with E-state index in [1.165, 1.54) is 13.8 Å². The van der Waals surface area contributed by atoms with E-state index < -0.39 is 0 Å². The van der Waals surface area contributed by atoms with Gasteiger partial charge in [0.25, 0.3) is 0 Å². The highest BCUT2D eigenvalue weighted by Crippen LogP contribution is 2.57. The first kappa shape index (κ1) is 10.2. The zero-order valence-corrected chi connectivity index (χ0v) is 8.86. The van der Waals surface area contributed by atoms with Crippen LogP contribution in [0.5, 0.6) is 0 Å². The number of esters is 2. The topological polar surface area (TPSA) is 52.6 Å². The average molecular weight is 210 g/mol. The fourth-order valence-electron chi connectivity index (χ4n) is 2.13. The highest BCUT2D eigenvalue weighted by molar-refractivity contribution is 5.68. The average Bonchev–Trinajstić information content (AvgIpc) is 2.83. The van der Waals surface area contributed by atoms with Crippen LogP contribution in [0.4, 0.5) is 0 Å². The van der Waals surface area contributed by atoms with Gasteiger partial charge in [-0.1, -0.05) is 0 Å². The number of hydrogen-bond donors (Lipinski definition) is 0. The van der Waals surface area contributed by atoms with Crippen LogP contribution in [0.1, 0.15) is 26.7 Å². The molecule has 0 aliphatic heterocycles. The van der Waals surface area contributed by atoms with E-state index in [4.69, 9.17) is 9.47 Å². The molecule has 0 heterocycles. The summed E-state index contributed by atoms with van der Waals surface area (Å²) < 4.78 is 10.4. The maximum atomic E-state index is 10.9. The summed E-state index contributed by atoms with van der Waals surface area (Å²) >= 11 is 0. The first-order chi connectivity index (χ1) is 7.04. The molecule has 4 nitrogen and oxygen atoms in total. The SMILES string of the molecule is CC(=O)O[C@H]1C=C[C@@H](OC(C)=O)C12CC2. The van der Waals surface area contributed by atoms with Crippen molar-refractivity contribution in [3.63, 3.8) is 0 Å². The third-order valence-corrected chi connectivity index (χ3v) is 3.01. The molecule has 0 unspecified atom stereocenters. The normalized spacial score (nSPS) is 30.3. The second kappa shape index (κ2) is 3.36. The van der Waals surface area contributed by atoms with E-state index in [1.54, 1.807) is 0 Å². The maximum Gasteiger partial charge on any atom is 0.303 e. The van der Waals surface area contributed by atoms with Gasteiger partial charge in [0.2, 0.25) is 0 Å². The molecule has 0 saturated heterocycles. The lowest BCUT2D eigenvalue weighted by molar-refractivity contribution is -0.153. The molecule has 0 aromatic rings. The monoisotopic (exact) mass is 210 g/mol. The van der Waals surface area contributed by atoms with Gasteiger partial charge in [-0.15, -0.1) is 0 Å². The Morgan fingerprint density at radius 2 is 1.47 bits per heavy atom. The molecule has 2 aliphatic carbocycles. The lowest BCUT2D eigenvalue weighted by atomic mass is 9.99. The molecule has 2 aliphatic rings. The van der Waals surface area contributed by atoms with Crippen LogP contribution in [0, 0.1) is 5.41 Å². The molecular weight excluding hydrogens is 196 g/mol. The molecule has 1 spiro atoms. The summed E-state index contributed by atoms with van der Waals surface area (Å²) in [5.74, 6) is -0.584. The zero-order valence-electron chi connectivity index (χ0n) is 8.86. The second-order valence-corrected chi connectivity index (χ2v) is 4.18. The van der Waals surface area contributed by atoms with Crippen LogP contribution in [0.2, 0.25) is 0 Å². The van der Waals surface area contributed by atoms with Gasteiger partial charge in [0.15, 0.2) is 0 Å². The van der Waals surface area contributed by atoms with Crippen LogP contribution in [-0.2, 0) is 19.1 Å². The molecule has 4 heteroatoms. The summed E-state index contributed by atoms with van der Waals surface area (Å²) in [4.78, 5) is 21.8. The molecule has 15 heavy (non-hydrogen) atoms. The largest absolute Gasteiger partial charge is 0.458 e. The predicted octanol–water partition coefficient (Wildman–Crippen LogP) is 1.20. The number of carbonyl (C=O) groups excluding carboxylic acids is 2. The third kappa shape index (κ3) is 1.76. The van der Waals surface area contributed by atoms with Gasteiger partial charge in [-0.05, 0) is 25.0 Å². The Bertz CT molecular complexity index is 299. The smallest absolute Gasteiger partial charge is 0.303 e. The Kier molecular flexibility index (Phi) is 2.29. The molecule has 0 N–H and O–H groups in total. The summed E-state index contributed by atoms with van der Waals surface area (Å²) in [6, 6.07) is 0. The van der Waals surface area contributed by atoms with Crippen LogP contribution in [0.3, 0.4) is 0 Å². The van der Waals surface area contributed by atoms with Gasteiger partial charge in [0.05, 0.1) is 5.41 Å². The first-order valence-electron chi connectivity index (χ1n) is 5.07. The molecule has 0 radical (unpaired) electrons. The lowest BCUT2D eigenvalue weighted by Crippen LogP contribution is -2.32. The third-order valence-electron chi connectivity index (χ3n) is 3.01. The van der Waals surface area contributed by atoms with Gasteiger partial charge in [-0.25, -0.2) is 0 Å². The highest BCUT2D eigenvalue weighted by Gasteiger charge is 2.59. The van der Waals surface area contributed by atoms with Gasteiger partial charge < -0.3 is 9.47 Å². The van der Waals surface area contributed by atoms with Gasteiger partial charge >= 0.3 is 11.9 Å². The molecule has 1 fully saturated rings. The van der Waals surface area contributed by atoms with E-state index in [1.807, 2.05) is 12.2 Å². The van der Waals surface area contributed by atoms with E-state index in [2.05, 4.69) is 0 Å². The molecule has 82 valence electrons. The van der Waals surface area contributed by atoms with Crippen molar-refractivity contribution in [1.82, 2.24) is 0 Å². The van der Waals surface area contributed by atoms with Crippen molar-refractivity contribution in [2.75, 3.05) is 0 Å². The molecule has 0 aromatic heterocycles. The fraction of sp³-hybridized carbons (Fsp3) is 0.636. The second-order valence-electron chi connectivity index (χ2n) is 4.18. The predicted molar refractivity (Wildman–Crippen MR) is 51.9 cm³/mol. The van der Waals surface area contributed by atoms with Crippen LogP contribution >= 0.6 is 0 Å². The first-order valence-corrected chi connectivity index (χ1v) is 5.07. The van der Waals surface area contributed by atoms with Gasteiger partial charge in [0.1, 0.15) is 12.2 Å². The summed E-state index contributed by atoms with van der Waals surface area (Å²) in [6.07, 6.45) is 5.08. The lowest BCUT2D eigenvalue weighted by Gasteiger charge is -2.23.